The fourth-order valence-corrected chi connectivity index (χ4v) is 2.94. The van der Waals surface area contributed by atoms with E-state index in [9.17, 15) is 4.79 Å². The van der Waals surface area contributed by atoms with E-state index in [2.05, 4.69) is 39.9 Å². The minimum absolute atomic E-state index is 0.112. The largest absolute Gasteiger partial charge is 0.391 e. The normalized spacial score (nSPS) is 18.5. The van der Waals surface area contributed by atoms with Gasteiger partial charge in [0.15, 0.2) is 0 Å². The van der Waals surface area contributed by atoms with Gasteiger partial charge in [-0.15, -0.1) is 0 Å². The summed E-state index contributed by atoms with van der Waals surface area (Å²) in [5, 5.41) is 3.05. The van der Waals surface area contributed by atoms with Crippen LogP contribution in [0.25, 0.3) is 0 Å². The molecule has 0 aromatic heterocycles. The molecule has 20 heavy (non-hydrogen) atoms. The van der Waals surface area contributed by atoms with Gasteiger partial charge in [0.25, 0.3) is 5.91 Å². The Bertz CT molecular complexity index is 510. The number of nitrogens with zero attached hydrogens (tertiary/aromatic N) is 1. The van der Waals surface area contributed by atoms with E-state index in [0.29, 0.717) is 10.6 Å². The zero-order chi connectivity index (χ0) is 14.8. The molecule has 0 atom stereocenters. The third-order valence-electron chi connectivity index (χ3n) is 3.77. The number of nitrogens with one attached hydrogen (secondary N) is 1. The summed E-state index contributed by atoms with van der Waals surface area (Å²) in [6.45, 7) is 1.76. The van der Waals surface area contributed by atoms with E-state index in [1.54, 1.807) is 0 Å². The molecular weight excluding hydrogens is 385 g/mol. The summed E-state index contributed by atoms with van der Waals surface area (Å²) in [6.07, 6.45) is 1.52. The molecule has 1 saturated heterocycles. The molecule has 1 aromatic rings. The van der Waals surface area contributed by atoms with Crippen LogP contribution in [0, 0.1) is 3.57 Å². The van der Waals surface area contributed by atoms with Gasteiger partial charge in [0, 0.05) is 22.2 Å². The fraction of sp³-hybridized carbons (Fsp3) is 0.429. The summed E-state index contributed by atoms with van der Waals surface area (Å²) in [4.78, 5) is 15.0. The topological polar surface area (TPSA) is 58.4 Å². The van der Waals surface area contributed by atoms with Gasteiger partial charge in [0.05, 0.1) is 10.5 Å². The third kappa shape index (κ3) is 3.48. The Morgan fingerprint density at radius 2 is 1.90 bits per heavy atom. The monoisotopic (exact) mass is 403 g/mol. The molecule has 0 aliphatic carbocycles. The lowest BCUT2D eigenvalue weighted by molar-refractivity contribution is 0.0890. The van der Waals surface area contributed by atoms with Crippen molar-refractivity contribution in [3.8, 4) is 0 Å². The first-order valence-electron chi connectivity index (χ1n) is 6.49. The molecule has 1 aromatic carbocycles. The molecule has 6 heteroatoms. The molecule has 0 saturated carbocycles. The summed E-state index contributed by atoms with van der Waals surface area (Å²) < 4.78 is 1.10. The first-order chi connectivity index (χ1) is 9.43. The Morgan fingerprint density at radius 1 is 1.35 bits per heavy atom. The van der Waals surface area contributed by atoms with Crippen molar-refractivity contribution in [2.45, 2.75) is 18.4 Å². The Morgan fingerprint density at radius 3 is 2.40 bits per heavy atom. The zero-order valence-electron chi connectivity index (χ0n) is 11.4. The van der Waals surface area contributed by atoms with Crippen molar-refractivity contribution >= 4 is 45.7 Å². The van der Waals surface area contributed by atoms with Gasteiger partial charge in [-0.2, -0.15) is 0 Å². The average molecular weight is 403 g/mol. The Kier molecular flexibility index (Phi) is 4.98. The Hall–Kier alpha value is -0.730. The van der Waals surface area contributed by atoms with Crippen molar-refractivity contribution in [3.05, 3.63) is 33.4 Å². The van der Waals surface area contributed by atoms with Gasteiger partial charge in [-0.05, 0) is 66.7 Å². The van der Waals surface area contributed by atoms with Crippen molar-refractivity contribution in [2.75, 3.05) is 20.1 Å². The highest BCUT2D eigenvalue weighted by Crippen LogP contribution is 2.23. The number of rotatable bonds is 3. The lowest BCUT2D eigenvalue weighted by Crippen LogP contribution is -2.61. The van der Waals surface area contributed by atoms with Crippen LogP contribution in [-0.4, -0.2) is 41.5 Å². The van der Waals surface area contributed by atoms with Crippen LogP contribution in [0.1, 0.15) is 23.2 Å². The number of likely N-dealkylation sites (tertiary alicyclic amines) is 1. The van der Waals surface area contributed by atoms with Crippen LogP contribution < -0.4 is 11.1 Å². The van der Waals surface area contributed by atoms with Crippen LogP contribution in [0.5, 0.6) is 0 Å². The number of halogens is 1. The summed E-state index contributed by atoms with van der Waals surface area (Å²) in [5.41, 5.74) is 5.98. The van der Waals surface area contributed by atoms with Gasteiger partial charge in [0.2, 0.25) is 0 Å². The highest BCUT2D eigenvalue weighted by molar-refractivity contribution is 14.1. The van der Waals surface area contributed by atoms with Gasteiger partial charge in [-0.1, -0.05) is 12.2 Å². The van der Waals surface area contributed by atoms with Gasteiger partial charge in [0.1, 0.15) is 0 Å². The molecule has 0 bridgehead atoms. The lowest BCUT2D eigenvalue weighted by atomic mass is 9.87. The van der Waals surface area contributed by atoms with E-state index in [1.807, 2.05) is 24.3 Å². The summed E-state index contributed by atoms with van der Waals surface area (Å²) in [5.74, 6) is -0.112. The predicted octanol–water partition coefficient (Wildman–Crippen LogP) is 1.77. The van der Waals surface area contributed by atoms with Gasteiger partial charge in [-0.3, -0.25) is 4.79 Å². The number of hydrogen-bond donors (Lipinski definition) is 2. The van der Waals surface area contributed by atoms with E-state index in [1.165, 1.54) is 0 Å². The maximum absolute atomic E-state index is 12.4. The molecule has 1 heterocycles. The van der Waals surface area contributed by atoms with Crippen molar-refractivity contribution in [2.24, 2.45) is 5.73 Å². The number of carbonyl (C=O) groups is 1. The average Bonchev–Trinajstić information content (AvgIpc) is 2.42. The SMILES string of the molecule is CN1CCC(NC(=O)c2ccc(I)cc2)(C(N)=S)CC1. The summed E-state index contributed by atoms with van der Waals surface area (Å²) in [7, 11) is 2.06. The van der Waals surface area contributed by atoms with E-state index < -0.39 is 5.54 Å². The van der Waals surface area contributed by atoms with Crippen molar-refractivity contribution in [1.29, 1.82) is 0 Å². The molecule has 4 nitrogen and oxygen atoms in total. The van der Waals surface area contributed by atoms with Gasteiger partial charge in [-0.25, -0.2) is 0 Å². The van der Waals surface area contributed by atoms with Crippen molar-refractivity contribution in [3.63, 3.8) is 0 Å². The Balaban J connectivity index is 2.14. The smallest absolute Gasteiger partial charge is 0.252 e. The van der Waals surface area contributed by atoms with Crippen LogP contribution in [0.2, 0.25) is 0 Å². The number of carbonyl (C=O) groups excluding carboxylic acids is 1. The second-order valence-corrected chi connectivity index (χ2v) is 6.90. The minimum Gasteiger partial charge on any atom is -0.391 e. The highest BCUT2D eigenvalue weighted by Gasteiger charge is 2.38. The van der Waals surface area contributed by atoms with E-state index >= 15 is 0 Å². The van der Waals surface area contributed by atoms with Crippen molar-refractivity contribution in [1.82, 2.24) is 10.2 Å². The van der Waals surface area contributed by atoms with E-state index in [4.69, 9.17) is 18.0 Å². The lowest BCUT2D eigenvalue weighted by Gasteiger charge is -2.40. The van der Waals surface area contributed by atoms with Crippen LogP contribution in [0.15, 0.2) is 24.3 Å². The first-order valence-corrected chi connectivity index (χ1v) is 7.98. The quantitative estimate of drug-likeness (QED) is 0.597. The Labute approximate surface area is 138 Å². The molecule has 1 amide bonds. The number of thiocarbonyl (C=S) groups is 1. The van der Waals surface area contributed by atoms with E-state index in [0.717, 1.165) is 29.5 Å². The maximum Gasteiger partial charge on any atom is 0.252 e. The summed E-state index contributed by atoms with van der Waals surface area (Å²) in [6, 6.07) is 7.47. The molecule has 0 radical (unpaired) electrons. The number of amides is 1. The van der Waals surface area contributed by atoms with Crippen LogP contribution in [0.4, 0.5) is 0 Å². The minimum atomic E-state index is -0.554. The molecule has 0 spiro atoms. The molecule has 1 aliphatic rings. The van der Waals surface area contributed by atoms with Gasteiger partial charge < -0.3 is 16.0 Å². The summed E-state index contributed by atoms with van der Waals surface area (Å²) >= 11 is 7.41. The highest BCUT2D eigenvalue weighted by atomic mass is 127. The second kappa shape index (κ2) is 6.36. The third-order valence-corrected chi connectivity index (χ3v) is 4.88. The number of benzene rings is 1. The second-order valence-electron chi connectivity index (χ2n) is 5.21. The first kappa shape index (κ1) is 15.7. The van der Waals surface area contributed by atoms with Crippen LogP contribution in [-0.2, 0) is 0 Å². The number of hydrogen-bond acceptors (Lipinski definition) is 3. The van der Waals surface area contributed by atoms with Gasteiger partial charge >= 0.3 is 0 Å². The predicted molar refractivity (Wildman–Crippen MR) is 92.9 cm³/mol. The van der Waals surface area contributed by atoms with Crippen LogP contribution in [0.3, 0.4) is 0 Å². The molecule has 108 valence electrons. The van der Waals surface area contributed by atoms with Crippen LogP contribution >= 0.6 is 34.8 Å². The molecule has 0 unspecified atom stereocenters. The van der Waals surface area contributed by atoms with Crippen molar-refractivity contribution < 1.29 is 4.79 Å². The standard InChI is InChI=1S/C14H18IN3OS/c1-18-8-6-14(7-9-18,13(16)20)17-12(19)10-2-4-11(15)5-3-10/h2-5H,6-9H2,1H3,(H2,16,20)(H,17,19). The number of nitrogens with two attached hydrogens (primary N) is 1. The number of piperidine rings is 1. The van der Waals surface area contributed by atoms with E-state index in [-0.39, 0.29) is 5.91 Å². The molecule has 2 rings (SSSR count). The fourth-order valence-electron chi connectivity index (χ4n) is 2.32. The maximum atomic E-state index is 12.4. The molecule has 1 fully saturated rings. The molecular formula is C14H18IN3OS. The molecule has 3 N–H and O–H groups in total. The molecule has 1 aliphatic heterocycles. The zero-order valence-corrected chi connectivity index (χ0v) is 14.3.